The fourth-order valence-corrected chi connectivity index (χ4v) is 3.70. The van der Waals surface area contributed by atoms with Gasteiger partial charge in [-0.1, -0.05) is 31.0 Å². The molecule has 28 heavy (non-hydrogen) atoms. The molecule has 1 aliphatic carbocycles. The number of rotatable bonds is 8. The van der Waals surface area contributed by atoms with E-state index in [1.807, 2.05) is 37.4 Å². The van der Waals surface area contributed by atoms with Gasteiger partial charge in [-0.15, -0.1) is 0 Å². The first-order valence-electron chi connectivity index (χ1n) is 9.71. The lowest BCUT2D eigenvalue weighted by atomic mass is 10.2. The topological polar surface area (TPSA) is 90.0 Å². The first kappa shape index (κ1) is 19.9. The zero-order chi connectivity index (χ0) is 20.1. The summed E-state index contributed by atoms with van der Waals surface area (Å²) in [5, 5.41) is 2.72. The van der Waals surface area contributed by atoms with Gasteiger partial charge < -0.3 is 10.2 Å². The van der Waals surface area contributed by atoms with E-state index in [4.69, 9.17) is 0 Å². The van der Waals surface area contributed by atoms with Gasteiger partial charge in [-0.25, -0.2) is 9.69 Å². The lowest BCUT2D eigenvalue weighted by Gasteiger charge is -2.21. The third-order valence-electron chi connectivity index (χ3n) is 5.26. The van der Waals surface area contributed by atoms with E-state index >= 15 is 0 Å². The van der Waals surface area contributed by atoms with Crippen molar-refractivity contribution in [1.82, 2.24) is 15.1 Å². The van der Waals surface area contributed by atoms with E-state index in [-0.39, 0.29) is 6.04 Å². The zero-order valence-corrected chi connectivity index (χ0v) is 16.1. The summed E-state index contributed by atoms with van der Waals surface area (Å²) in [6.45, 7) is 0.757. The summed E-state index contributed by atoms with van der Waals surface area (Å²) >= 11 is 0. The Morgan fingerprint density at radius 2 is 1.79 bits per heavy atom. The summed E-state index contributed by atoms with van der Waals surface area (Å²) < 4.78 is 0. The average molecular weight is 386 g/mol. The third-order valence-corrected chi connectivity index (χ3v) is 5.26. The van der Waals surface area contributed by atoms with Crippen LogP contribution in [0.4, 0.5) is 10.5 Å². The summed E-state index contributed by atoms with van der Waals surface area (Å²) in [5.41, 5.74) is 1.09. The average Bonchev–Trinajstić information content (AvgIpc) is 3.29. The number of hydrogen-bond acceptors (Lipinski definition) is 5. The molecule has 8 nitrogen and oxygen atoms in total. The first-order chi connectivity index (χ1) is 13.5. The molecule has 0 bridgehead atoms. The van der Waals surface area contributed by atoms with Crippen molar-refractivity contribution in [3.8, 4) is 0 Å². The molecule has 0 atom stereocenters. The maximum atomic E-state index is 12.4. The summed E-state index contributed by atoms with van der Waals surface area (Å²) in [6, 6.07) is 9.03. The van der Waals surface area contributed by atoms with Gasteiger partial charge in [0.1, 0.15) is 6.54 Å². The Kier molecular flexibility index (Phi) is 6.28. The number of imide groups is 2. The van der Waals surface area contributed by atoms with Crippen LogP contribution in [0.3, 0.4) is 0 Å². The number of anilines is 1. The van der Waals surface area contributed by atoms with Gasteiger partial charge in [0.15, 0.2) is 0 Å². The minimum atomic E-state index is -0.907. The van der Waals surface area contributed by atoms with Gasteiger partial charge in [-0.3, -0.25) is 19.3 Å². The summed E-state index contributed by atoms with van der Waals surface area (Å²) in [5.74, 6) is -2.16. The highest BCUT2D eigenvalue weighted by Gasteiger charge is 2.48. The first-order valence-corrected chi connectivity index (χ1v) is 9.71. The van der Waals surface area contributed by atoms with Gasteiger partial charge in [0, 0.05) is 31.9 Å². The van der Waals surface area contributed by atoms with E-state index in [9.17, 15) is 19.2 Å². The van der Waals surface area contributed by atoms with Crippen LogP contribution in [0, 0.1) is 0 Å². The molecule has 1 aromatic carbocycles. The fourth-order valence-electron chi connectivity index (χ4n) is 3.70. The number of nitrogens with zero attached hydrogens (tertiary/aromatic N) is 3. The van der Waals surface area contributed by atoms with Crippen LogP contribution in [0.5, 0.6) is 0 Å². The molecule has 0 unspecified atom stereocenters. The normalized spacial score (nSPS) is 17.5. The molecule has 1 aliphatic heterocycles. The molecule has 0 aromatic heterocycles. The lowest BCUT2D eigenvalue weighted by molar-refractivity contribution is -0.144. The number of benzene rings is 1. The molecule has 1 N–H and O–H groups in total. The minimum absolute atomic E-state index is 0.217. The highest BCUT2D eigenvalue weighted by Crippen LogP contribution is 2.27. The summed E-state index contributed by atoms with van der Waals surface area (Å²) in [4.78, 5) is 52.7. The van der Waals surface area contributed by atoms with Gasteiger partial charge in [-0.2, -0.15) is 0 Å². The van der Waals surface area contributed by atoms with Crippen molar-refractivity contribution in [2.45, 2.75) is 38.1 Å². The SMILES string of the molecule is CN(CCCNC(=O)CN1C(=O)C(=O)N(C2CCCC2)C1=O)c1ccccc1. The maximum absolute atomic E-state index is 12.4. The smallest absolute Gasteiger partial charge is 0.334 e. The van der Waals surface area contributed by atoms with E-state index in [1.165, 1.54) is 0 Å². The number of urea groups is 1. The molecule has 5 amide bonds. The summed E-state index contributed by atoms with van der Waals surface area (Å²) in [6.07, 6.45) is 4.03. The van der Waals surface area contributed by atoms with Crippen LogP contribution in [-0.4, -0.2) is 66.3 Å². The van der Waals surface area contributed by atoms with Gasteiger partial charge >= 0.3 is 17.8 Å². The molecule has 3 rings (SSSR count). The fraction of sp³-hybridized carbons (Fsp3) is 0.500. The highest BCUT2D eigenvalue weighted by atomic mass is 16.2. The van der Waals surface area contributed by atoms with Crippen molar-refractivity contribution in [2.75, 3.05) is 31.6 Å². The Morgan fingerprint density at radius 3 is 2.46 bits per heavy atom. The molecule has 1 heterocycles. The van der Waals surface area contributed by atoms with Crippen LogP contribution < -0.4 is 10.2 Å². The van der Waals surface area contributed by atoms with Crippen LogP contribution in [0.25, 0.3) is 0 Å². The van der Waals surface area contributed by atoms with Crippen LogP contribution in [0.2, 0.25) is 0 Å². The Morgan fingerprint density at radius 1 is 1.11 bits per heavy atom. The molecular weight excluding hydrogens is 360 g/mol. The third kappa shape index (κ3) is 4.32. The van der Waals surface area contributed by atoms with Crippen molar-refractivity contribution in [1.29, 1.82) is 0 Å². The number of carbonyl (C=O) groups excluding carboxylic acids is 4. The number of nitrogens with one attached hydrogen (secondary N) is 1. The lowest BCUT2D eigenvalue weighted by Crippen LogP contribution is -2.43. The molecule has 1 saturated heterocycles. The van der Waals surface area contributed by atoms with Crippen molar-refractivity contribution in [2.24, 2.45) is 0 Å². The molecule has 1 saturated carbocycles. The van der Waals surface area contributed by atoms with E-state index in [0.29, 0.717) is 13.0 Å². The monoisotopic (exact) mass is 386 g/mol. The van der Waals surface area contributed by atoms with Crippen molar-refractivity contribution < 1.29 is 19.2 Å². The van der Waals surface area contributed by atoms with E-state index in [0.717, 1.165) is 47.7 Å². The largest absolute Gasteiger partial charge is 0.375 e. The number of hydrogen-bond donors (Lipinski definition) is 1. The van der Waals surface area contributed by atoms with E-state index in [1.54, 1.807) is 0 Å². The molecule has 2 fully saturated rings. The molecular formula is C20H26N4O4. The predicted molar refractivity (Wildman–Crippen MR) is 104 cm³/mol. The molecule has 0 radical (unpaired) electrons. The van der Waals surface area contributed by atoms with Gasteiger partial charge in [0.05, 0.1) is 0 Å². The van der Waals surface area contributed by atoms with Crippen LogP contribution >= 0.6 is 0 Å². The number of para-hydroxylation sites is 1. The standard InChI is InChI=1S/C20H26N4O4/c1-22(15-8-3-2-4-9-15)13-7-12-21-17(25)14-23-18(26)19(27)24(20(23)28)16-10-5-6-11-16/h2-4,8-9,16H,5-7,10-14H2,1H3,(H,21,25). The molecule has 2 aliphatic rings. The van der Waals surface area contributed by atoms with Crippen molar-refractivity contribution >= 4 is 29.4 Å². The Hall–Kier alpha value is -2.90. The Labute approximate surface area is 164 Å². The second-order valence-corrected chi connectivity index (χ2v) is 7.25. The maximum Gasteiger partial charge on any atom is 0.334 e. The molecule has 1 aromatic rings. The number of amides is 5. The summed E-state index contributed by atoms with van der Waals surface area (Å²) in [7, 11) is 1.97. The van der Waals surface area contributed by atoms with Crippen LogP contribution in [-0.2, 0) is 14.4 Å². The predicted octanol–water partition coefficient (Wildman–Crippen LogP) is 1.36. The van der Waals surface area contributed by atoms with Crippen molar-refractivity contribution in [3.05, 3.63) is 30.3 Å². The van der Waals surface area contributed by atoms with Gasteiger partial charge in [-0.05, 0) is 31.4 Å². The Bertz CT molecular complexity index is 746. The van der Waals surface area contributed by atoms with Crippen molar-refractivity contribution in [3.63, 3.8) is 0 Å². The van der Waals surface area contributed by atoms with Crippen LogP contribution in [0.15, 0.2) is 30.3 Å². The zero-order valence-electron chi connectivity index (χ0n) is 16.1. The molecule has 8 heteroatoms. The minimum Gasteiger partial charge on any atom is -0.375 e. The second-order valence-electron chi connectivity index (χ2n) is 7.25. The van der Waals surface area contributed by atoms with Gasteiger partial charge in [0.25, 0.3) is 0 Å². The highest BCUT2D eigenvalue weighted by molar-refractivity contribution is 6.45. The van der Waals surface area contributed by atoms with Crippen LogP contribution in [0.1, 0.15) is 32.1 Å². The second kappa shape index (κ2) is 8.86. The van der Waals surface area contributed by atoms with E-state index < -0.39 is 30.3 Å². The molecule has 150 valence electrons. The van der Waals surface area contributed by atoms with E-state index in [2.05, 4.69) is 10.2 Å². The molecule has 0 spiro atoms. The number of carbonyl (C=O) groups is 4. The van der Waals surface area contributed by atoms with Gasteiger partial charge in [0.2, 0.25) is 5.91 Å². The Balaban J connectivity index is 1.43. The quantitative estimate of drug-likeness (QED) is 0.414.